The van der Waals surface area contributed by atoms with Gasteiger partial charge in [-0.3, -0.25) is 9.48 Å². The van der Waals surface area contributed by atoms with Crippen LogP contribution < -0.4 is 0 Å². The standard InChI is InChI=1S/C14H13F3N2O2/c15-14(16,17)12(6-13(20)21)11-7-18-19(9-11)8-10-4-2-1-3-5-10/h1-5,7,9,12H,6,8H2,(H,20,21). The number of halogens is 3. The Labute approximate surface area is 118 Å². The quantitative estimate of drug-likeness (QED) is 0.923. The average molecular weight is 298 g/mol. The van der Waals surface area contributed by atoms with E-state index < -0.39 is 24.5 Å². The van der Waals surface area contributed by atoms with Crippen LogP contribution in [-0.4, -0.2) is 27.0 Å². The van der Waals surface area contributed by atoms with Gasteiger partial charge in [-0.15, -0.1) is 0 Å². The van der Waals surface area contributed by atoms with Crippen LogP contribution in [0, 0.1) is 0 Å². The number of alkyl halides is 3. The first-order chi connectivity index (χ1) is 9.86. The SMILES string of the molecule is O=C(O)CC(c1cnn(Cc2ccccc2)c1)C(F)(F)F. The second kappa shape index (κ2) is 5.99. The van der Waals surface area contributed by atoms with E-state index in [0.29, 0.717) is 6.54 Å². The molecule has 1 aromatic carbocycles. The molecule has 1 unspecified atom stereocenters. The Morgan fingerprint density at radius 1 is 1.29 bits per heavy atom. The van der Waals surface area contributed by atoms with Crippen LogP contribution >= 0.6 is 0 Å². The van der Waals surface area contributed by atoms with Gasteiger partial charge in [0.05, 0.1) is 25.1 Å². The first kappa shape index (κ1) is 15.1. The molecule has 1 atom stereocenters. The molecule has 2 aromatic rings. The summed E-state index contributed by atoms with van der Waals surface area (Å²) in [5.41, 5.74) is 0.759. The lowest BCUT2D eigenvalue weighted by molar-refractivity contribution is -0.163. The van der Waals surface area contributed by atoms with Gasteiger partial charge in [0.2, 0.25) is 0 Å². The molecule has 0 aliphatic rings. The van der Waals surface area contributed by atoms with Gasteiger partial charge in [-0.25, -0.2) is 0 Å². The molecular formula is C14H13F3N2O2. The third kappa shape index (κ3) is 4.08. The van der Waals surface area contributed by atoms with Crippen molar-refractivity contribution in [2.45, 2.75) is 25.1 Å². The molecule has 0 spiro atoms. The van der Waals surface area contributed by atoms with Crippen molar-refractivity contribution in [3.05, 3.63) is 53.9 Å². The molecule has 112 valence electrons. The number of carbonyl (C=O) groups is 1. The summed E-state index contributed by atoms with van der Waals surface area (Å²) in [6.45, 7) is 0.332. The number of carboxylic acid groups (broad SMARTS) is 1. The zero-order valence-electron chi connectivity index (χ0n) is 10.9. The van der Waals surface area contributed by atoms with Gasteiger partial charge in [0.1, 0.15) is 0 Å². The number of benzene rings is 1. The third-order valence-electron chi connectivity index (χ3n) is 3.02. The molecule has 21 heavy (non-hydrogen) atoms. The van der Waals surface area contributed by atoms with Gasteiger partial charge >= 0.3 is 12.1 Å². The molecule has 0 saturated heterocycles. The molecule has 0 amide bonds. The molecule has 2 rings (SSSR count). The molecule has 0 saturated carbocycles. The van der Waals surface area contributed by atoms with E-state index in [1.54, 1.807) is 0 Å². The van der Waals surface area contributed by atoms with Gasteiger partial charge in [0.25, 0.3) is 0 Å². The average Bonchev–Trinajstić information content (AvgIpc) is 2.84. The maximum absolute atomic E-state index is 12.9. The van der Waals surface area contributed by atoms with Crippen LogP contribution in [0.25, 0.3) is 0 Å². The van der Waals surface area contributed by atoms with Crippen molar-refractivity contribution in [2.24, 2.45) is 0 Å². The Bertz CT molecular complexity index is 608. The number of aromatic nitrogens is 2. The minimum Gasteiger partial charge on any atom is -0.481 e. The molecule has 1 N–H and O–H groups in total. The first-order valence-corrected chi connectivity index (χ1v) is 6.21. The maximum atomic E-state index is 12.9. The van der Waals surface area contributed by atoms with Crippen molar-refractivity contribution in [3.8, 4) is 0 Å². The highest BCUT2D eigenvalue weighted by Gasteiger charge is 2.42. The van der Waals surface area contributed by atoms with E-state index in [9.17, 15) is 18.0 Å². The van der Waals surface area contributed by atoms with Crippen LogP contribution in [0.4, 0.5) is 13.2 Å². The Morgan fingerprint density at radius 3 is 2.52 bits per heavy atom. The fraction of sp³-hybridized carbons (Fsp3) is 0.286. The summed E-state index contributed by atoms with van der Waals surface area (Å²) >= 11 is 0. The Balaban J connectivity index is 2.18. The van der Waals surface area contributed by atoms with Crippen LogP contribution in [0.1, 0.15) is 23.5 Å². The minimum atomic E-state index is -4.61. The normalized spacial score (nSPS) is 13.1. The van der Waals surface area contributed by atoms with Crippen LogP contribution in [-0.2, 0) is 11.3 Å². The van der Waals surface area contributed by atoms with Crippen molar-refractivity contribution in [1.82, 2.24) is 9.78 Å². The highest BCUT2D eigenvalue weighted by Crippen LogP contribution is 2.37. The van der Waals surface area contributed by atoms with E-state index in [0.717, 1.165) is 11.8 Å². The molecule has 0 aliphatic carbocycles. The van der Waals surface area contributed by atoms with Gasteiger partial charge in [0.15, 0.2) is 0 Å². The predicted molar refractivity (Wildman–Crippen MR) is 68.8 cm³/mol. The number of rotatable bonds is 5. The highest BCUT2D eigenvalue weighted by atomic mass is 19.4. The number of carboxylic acids is 1. The Kier molecular flexibility index (Phi) is 4.30. The number of aliphatic carboxylic acids is 1. The molecular weight excluding hydrogens is 285 g/mol. The van der Waals surface area contributed by atoms with Gasteiger partial charge < -0.3 is 5.11 Å². The fourth-order valence-corrected chi connectivity index (χ4v) is 2.01. The van der Waals surface area contributed by atoms with Crippen molar-refractivity contribution in [2.75, 3.05) is 0 Å². The topological polar surface area (TPSA) is 55.1 Å². The van der Waals surface area contributed by atoms with Crippen molar-refractivity contribution >= 4 is 5.97 Å². The van der Waals surface area contributed by atoms with Gasteiger partial charge in [-0.05, 0) is 5.56 Å². The summed E-state index contributed by atoms with van der Waals surface area (Å²) in [5, 5.41) is 12.5. The van der Waals surface area contributed by atoms with E-state index in [-0.39, 0.29) is 5.56 Å². The third-order valence-corrected chi connectivity index (χ3v) is 3.02. The van der Waals surface area contributed by atoms with Crippen LogP contribution in [0.15, 0.2) is 42.7 Å². The summed E-state index contributed by atoms with van der Waals surface area (Å²) in [5.74, 6) is -3.53. The van der Waals surface area contributed by atoms with Crippen molar-refractivity contribution < 1.29 is 23.1 Å². The zero-order valence-corrected chi connectivity index (χ0v) is 10.9. The summed E-state index contributed by atoms with van der Waals surface area (Å²) in [6, 6.07) is 9.15. The second-order valence-corrected chi connectivity index (χ2v) is 4.65. The number of hydrogen-bond donors (Lipinski definition) is 1. The first-order valence-electron chi connectivity index (χ1n) is 6.21. The van der Waals surface area contributed by atoms with E-state index >= 15 is 0 Å². The molecule has 0 radical (unpaired) electrons. The van der Waals surface area contributed by atoms with Crippen LogP contribution in [0.5, 0.6) is 0 Å². The van der Waals surface area contributed by atoms with Crippen molar-refractivity contribution in [1.29, 1.82) is 0 Å². The fourth-order valence-electron chi connectivity index (χ4n) is 2.01. The predicted octanol–water partition coefficient (Wildman–Crippen LogP) is 3.05. The lowest BCUT2D eigenvalue weighted by Crippen LogP contribution is -2.23. The minimum absolute atomic E-state index is 0.138. The van der Waals surface area contributed by atoms with Crippen molar-refractivity contribution in [3.63, 3.8) is 0 Å². The second-order valence-electron chi connectivity index (χ2n) is 4.65. The molecule has 1 heterocycles. The molecule has 1 aromatic heterocycles. The van der Waals surface area contributed by atoms with E-state index in [1.165, 1.54) is 10.9 Å². The highest BCUT2D eigenvalue weighted by molar-refractivity contribution is 5.68. The maximum Gasteiger partial charge on any atom is 0.396 e. The number of nitrogens with zero attached hydrogens (tertiary/aromatic N) is 2. The smallest absolute Gasteiger partial charge is 0.396 e. The molecule has 0 fully saturated rings. The monoisotopic (exact) mass is 298 g/mol. The summed E-state index contributed by atoms with van der Waals surface area (Å²) in [6.07, 6.45) is -3.29. The van der Waals surface area contributed by atoms with Gasteiger partial charge in [-0.1, -0.05) is 30.3 Å². The lowest BCUT2D eigenvalue weighted by atomic mass is 9.98. The lowest BCUT2D eigenvalue weighted by Gasteiger charge is -2.16. The molecule has 4 nitrogen and oxygen atoms in total. The van der Waals surface area contributed by atoms with Gasteiger partial charge in [0, 0.05) is 11.8 Å². The summed E-state index contributed by atoms with van der Waals surface area (Å²) < 4.78 is 40.1. The molecule has 7 heteroatoms. The summed E-state index contributed by atoms with van der Waals surface area (Å²) in [7, 11) is 0. The Morgan fingerprint density at radius 2 is 1.95 bits per heavy atom. The largest absolute Gasteiger partial charge is 0.481 e. The molecule has 0 aliphatic heterocycles. The van der Waals surface area contributed by atoms with E-state index in [2.05, 4.69) is 5.10 Å². The Hall–Kier alpha value is -2.31. The summed E-state index contributed by atoms with van der Waals surface area (Å²) in [4.78, 5) is 10.6. The van der Waals surface area contributed by atoms with Crippen LogP contribution in [0.3, 0.4) is 0 Å². The molecule has 0 bridgehead atoms. The zero-order chi connectivity index (χ0) is 15.5. The van der Waals surface area contributed by atoms with Crippen LogP contribution in [0.2, 0.25) is 0 Å². The van der Waals surface area contributed by atoms with Gasteiger partial charge in [-0.2, -0.15) is 18.3 Å². The van der Waals surface area contributed by atoms with E-state index in [4.69, 9.17) is 5.11 Å². The number of hydrogen-bond acceptors (Lipinski definition) is 2. The van der Waals surface area contributed by atoms with E-state index in [1.807, 2.05) is 30.3 Å².